The van der Waals surface area contributed by atoms with Crippen LogP contribution in [0.15, 0.2) is 60.9 Å². The highest BCUT2D eigenvalue weighted by Crippen LogP contribution is 2.42. The molecule has 0 bridgehead atoms. The SMILES string of the molecule is CC(C)(C)OC(=O)C(CC1CCC(c2ccnc3ccc(F)cc23)CC1)C(=O)OC(C)(C)C.CC(C)(C)OC(=O)C(CC1CCC(c2ccnc3ccc(F)cc23)CC1)C(=O)OC(C)(C)C. The zero-order chi connectivity index (χ0) is 48.8. The number of pyridine rings is 2. The van der Waals surface area contributed by atoms with Crippen molar-refractivity contribution in [3.8, 4) is 0 Å². The van der Waals surface area contributed by atoms with E-state index in [2.05, 4.69) is 9.97 Å². The van der Waals surface area contributed by atoms with Gasteiger partial charge in [0.1, 0.15) is 34.0 Å². The van der Waals surface area contributed by atoms with E-state index in [0.29, 0.717) is 24.7 Å². The number of hydrogen-bond donors (Lipinski definition) is 0. The highest BCUT2D eigenvalue weighted by Gasteiger charge is 2.39. The quantitative estimate of drug-likeness (QED) is 0.0860. The minimum atomic E-state index is -0.930. The Kier molecular flexibility index (Phi) is 16.8. The fourth-order valence-electron chi connectivity index (χ4n) is 9.15. The molecule has 2 aliphatic rings. The summed E-state index contributed by atoms with van der Waals surface area (Å²) in [4.78, 5) is 60.2. The number of esters is 4. The summed E-state index contributed by atoms with van der Waals surface area (Å²) < 4.78 is 49.9. The summed E-state index contributed by atoms with van der Waals surface area (Å²) in [6, 6.07) is 13.4. The average Bonchev–Trinajstić information content (AvgIpc) is 3.19. The monoisotopic (exact) mass is 915 g/mol. The van der Waals surface area contributed by atoms with Gasteiger partial charge < -0.3 is 18.9 Å². The van der Waals surface area contributed by atoms with Gasteiger partial charge in [-0.3, -0.25) is 29.1 Å². The van der Waals surface area contributed by atoms with Gasteiger partial charge in [0.2, 0.25) is 0 Å². The first-order valence-corrected chi connectivity index (χ1v) is 23.6. The lowest BCUT2D eigenvalue weighted by Gasteiger charge is -2.32. The summed E-state index contributed by atoms with van der Waals surface area (Å²) in [5.41, 5.74) is 1.14. The van der Waals surface area contributed by atoms with Crippen LogP contribution in [0.2, 0.25) is 0 Å². The van der Waals surface area contributed by atoms with Crippen LogP contribution < -0.4 is 0 Å². The number of aromatic nitrogens is 2. The van der Waals surface area contributed by atoms with E-state index in [-0.39, 0.29) is 23.5 Å². The average molecular weight is 915 g/mol. The summed E-state index contributed by atoms with van der Waals surface area (Å²) in [5, 5.41) is 1.72. The van der Waals surface area contributed by atoms with Gasteiger partial charge in [0.25, 0.3) is 0 Å². The Morgan fingerprint density at radius 2 is 0.773 bits per heavy atom. The van der Waals surface area contributed by atoms with E-state index in [0.717, 1.165) is 84.3 Å². The highest BCUT2D eigenvalue weighted by atomic mass is 19.1. The van der Waals surface area contributed by atoms with Crippen LogP contribution in [0, 0.1) is 35.3 Å². The van der Waals surface area contributed by atoms with E-state index in [1.165, 1.54) is 12.1 Å². The lowest BCUT2D eigenvalue weighted by atomic mass is 9.75. The molecular formula is C54H72F2N2O8. The van der Waals surface area contributed by atoms with Crippen molar-refractivity contribution >= 4 is 45.7 Å². The number of carbonyl (C=O) groups excluding carboxylic acids is 4. The fraction of sp³-hybridized carbons (Fsp3) is 0.593. The molecule has 0 amide bonds. The topological polar surface area (TPSA) is 131 Å². The Morgan fingerprint density at radius 3 is 1.05 bits per heavy atom. The Balaban J connectivity index is 0.000000247. The van der Waals surface area contributed by atoms with Crippen LogP contribution in [-0.2, 0) is 38.1 Å². The normalized spacial score (nSPS) is 19.5. The molecule has 2 aromatic heterocycles. The molecule has 0 aliphatic heterocycles. The second-order valence-electron chi connectivity index (χ2n) is 22.3. The lowest BCUT2D eigenvalue weighted by molar-refractivity contribution is -0.177. The summed E-state index contributed by atoms with van der Waals surface area (Å²) >= 11 is 0. The Morgan fingerprint density at radius 1 is 0.485 bits per heavy atom. The molecule has 6 rings (SSSR count). The minimum Gasteiger partial charge on any atom is -0.459 e. The van der Waals surface area contributed by atoms with E-state index in [1.54, 1.807) is 120 Å². The first-order valence-electron chi connectivity index (χ1n) is 23.6. The molecule has 0 N–H and O–H groups in total. The number of ether oxygens (including phenoxy) is 4. The van der Waals surface area contributed by atoms with Gasteiger partial charge in [-0.1, -0.05) is 0 Å². The first kappa shape index (κ1) is 52.0. The summed E-state index contributed by atoms with van der Waals surface area (Å²) in [6.45, 7) is 21.5. The van der Waals surface area contributed by atoms with Crippen molar-refractivity contribution in [2.24, 2.45) is 23.7 Å². The van der Waals surface area contributed by atoms with Crippen molar-refractivity contribution in [2.45, 2.75) is 182 Å². The van der Waals surface area contributed by atoms with Gasteiger partial charge in [-0.05, 0) is 231 Å². The zero-order valence-corrected chi connectivity index (χ0v) is 41.2. The number of rotatable bonds is 10. The third-order valence-corrected chi connectivity index (χ3v) is 12.0. The molecule has 0 radical (unpaired) electrons. The summed E-state index contributed by atoms with van der Waals surface area (Å²) in [7, 11) is 0. The smallest absolute Gasteiger partial charge is 0.320 e. The van der Waals surface area contributed by atoms with Crippen molar-refractivity contribution in [3.63, 3.8) is 0 Å². The Labute approximate surface area is 390 Å². The number of halogens is 2. The van der Waals surface area contributed by atoms with Crippen LogP contribution in [0.25, 0.3) is 21.8 Å². The minimum absolute atomic E-state index is 0.219. The molecule has 0 unspecified atom stereocenters. The van der Waals surface area contributed by atoms with Crippen LogP contribution in [0.3, 0.4) is 0 Å². The molecule has 12 heteroatoms. The number of hydrogen-bond acceptors (Lipinski definition) is 10. The van der Waals surface area contributed by atoms with Crippen LogP contribution >= 0.6 is 0 Å². The van der Waals surface area contributed by atoms with E-state index in [1.807, 2.05) is 12.1 Å². The van der Waals surface area contributed by atoms with E-state index >= 15 is 0 Å². The van der Waals surface area contributed by atoms with E-state index in [4.69, 9.17) is 18.9 Å². The summed E-state index contributed by atoms with van der Waals surface area (Å²) in [6.07, 6.45) is 11.6. The van der Waals surface area contributed by atoms with Crippen LogP contribution in [-0.4, -0.2) is 56.2 Å². The molecule has 2 aliphatic carbocycles. The standard InChI is InChI=1S/2C27H36FNO4/c2*1-26(2,3)32-24(30)22(25(31)33-27(4,5)6)15-17-7-9-18(10-8-17)20-13-14-29-23-12-11-19(28)16-21(20)23/h2*11-14,16-18,22H,7-10,15H2,1-6H3. The molecule has 4 aromatic rings. The van der Waals surface area contributed by atoms with Gasteiger partial charge in [-0.2, -0.15) is 0 Å². The first-order chi connectivity index (χ1) is 30.6. The molecular weight excluding hydrogens is 843 g/mol. The molecule has 0 spiro atoms. The van der Waals surface area contributed by atoms with Gasteiger partial charge in [0, 0.05) is 23.2 Å². The predicted octanol–water partition coefficient (Wildman–Crippen LogP) is 12.7. The molecule has 2 saturated carbocycles. The van der Waals surface area contributed by atoms with E-state index in [9.17, 15) is 28.0 Å². The fourth-order valence-corrected chi connectivity index (χ4v) is 9.15. The maximum atomic E-state index is 13.9. The zero-order valence-electron chi connectivity index (χ0n) is 41.2. The summed E-state index contributed by atoms with van der Waals surface area (Å²) in [5.74, 6) is -3.42. The highest BCUT2D eigenvalue weighted by molar-refractivity contribution is 5.96. The molecule has 0 saturated heterocycles. The van der Waals surface area contributed by atoms with Crippen LogP contribution in [0.4, 0.5) is 8.78 Å². The number of carbonyl (C=O) groups is 4. The van der Waals surface area contributed by atoms with Crippen molar-refractivity contribution in [3.05, 3.63) is 83.7 Å². The van der Waals surface area contributed by atoms with Crippen LogP contribution in [0.5, 0.6) is 0 Å². The molecule has 2 heterocycles. The van der Waals surface area contributed by atoms with E-state index < -0.39 is 58.1 Å². The third-order valence-electron chi connectivity index (χ3n) is 12.0. The van der Waals surface area contributed by atoms with Gasteiger partial charge in [-0.15, -0.1) is 0 Å². The van der Waals surface area contributed by atoms with Crippen molar-refractivity contribution in [2.75, 3.05) is 0 Å². The van der Waals surface area contributed by atoms with Crippen LogP contribution in [0.1, 0.15) is 170 Å². The molecule has 10 nitrogen and oxygen atoms in total. The van der Waals surface area contributed by atoms with Gasteiger partial charge in [-0.25, -0.2) is 8.78 Å². The molecule has 66 heavy (non-hydrogen) atoms. The van der Waals surface area contributed by atoms with Gasteiger partial charge in [0.05, 0.1) is 11.0 Å². The number of fused-ring (bicyclic) bond motifs is 2. The second kappa shape index (κ2) is 21.3. The predicted molar refractivity (Wildman–Crippen MR) is 252 cm³/mol. The lowest BCUT2D eigenvalue weighted by Crippen LogP contribution is -2.38. The molecule has 2 aromatic carbocycles. The number of nitrogens with zero attached hydrogens (tertiary/aromatic N) is 2. The Hall–Kier alpha value is -5.00. The molecule has 0 atom stereocenters. The molecule has 2 fully saturated rings. The number of benzene rings is 2. The maximum absolute atomic E-state index is 13.9. The third kappa shape index (κ3) is 15.5. The maximum Gasteiger partial charge on any atom is 0.320 e. The van der Waals surface area contributed by atoms with Crippen molar-refractivity contribution in [1.29, 1.82) is 0 Å². The van der Waals surface area contributed by atoms with Gasteiger partial charge >= 0.3 is 23.9 Å². The van der Waals surface area contributed by atoms with Gasteiger partial charge in [0.15, 0.2) is 11.8 Å². The van der Waals surface area contributed by atoms with Crippen molar-refractivity contribution < 1.29 is 46.9 Å². The molecule has 360 valence electrons. The van der Waals surface area contributed by atoms with Crippen molar-refractivity contribution in [1.82, 2.24) is 9.97 Å². The Bertz CT molecular complexity index is 2100. The largest absolute Gasteiger partial charge is 0.459 e. The second-order valence-corrected chi connectivity index (χ2v) is 22.3.